The summed E-state index contributed by atoms with van der Waals surface area (Å²) < 4.78 is 0. The van der Waals surface area contributed by atoms with Gasteiger partial charge in [-0.1, -0.05) is 23.2 Å². The van der Waals surface area contributed by atoms with Gasteiger partial charge in [0.15, 0.2) is 0 Å². The second-order valence-corrected chi connectivity index (χ2v) is 4.11. The van der Waals surface area contributed by atoms with Crippen LogP contribution in [-0.4, -0.2) is 30.2 Å². The number of rotatable bonds is 4. The lowest BCUT2D eigenvalue weighted by Gasteiger charge is -2.15. The van der Waals surface area contributed by atoms with Gasteiger partial charge in [-0.3, -0.25) is 4.90 Å². The molecule has 1 aromatic rings. The summed E-state index contributed by atoms with van der Waals surface area (Å²) in [6, 6.07) is 5.46. The molecule has 1 aromatic carbocycles. The molecule has 78 valence electrons. The molecule has 0 radical (unpaired) electrons. The summed E-state index contributed by atoms with van der Waals surface area (Å²) in [5, 5.41) is 10.0. The molecule has 0 heterocycles. The minimum atomic E-state index is 0.158. The average Bonchev–Trinajstić information content (AvgIpc) is 2.01. The monoisotopic (exact) mass is 233 g/mol. The normalized spacial score (nSPS) is 10.9. The number of hydrogen-bond donors (Lipinski definition) is 1. The summed E-state index contributed by atoms with van der Waals surface area (Å²) in [7, 11) is 1.94. The first-order chi connectivity index (χ1) is 6.61. The summed E-state index contributed by atoms with van der Waals surface area (Å²) in [4.78, 5) is 2.00. The largest absolute Gasteiger partial charge is 0.395 e. The quantitative estimate of drug-likeness (QED) is 0.864. The van der Waals surface area contributed by atoms with Crippen LogP contribution < -0.4 is 0 Å². The van der Waals surface area contributed by atoms with Crippen LogP contribution in [0.15, 0.2) is 18.2 Å². The van der Waals surface area contributed by atoms with Crippen LogP contribution in [-0.2, 0) is 6.54 Å². The molecule has 0 aliphatic rings. The maximum atomic E-state index is 8.73. The van der Waals surface area contributed by atoms with E-state index >= 15 is 0 Å². The number of aliphatic hydroxyl groups is 1. The van der Waals surface area contributed by atoms with E-state index in [1.54, 1.807) is 6.07 Å². The maximum Gasteiger partial charge on any atom is 0.0558 e. The summed E-state index contributed by atoms with van der Waals surface area (Å²) in [6.07, 6.45) is 0. The number of hydrogen-bond acceptors (Lipinski definition) is 2. The minimum absolute atomic E-state index is 0.158. The van der Waals surface area contributed by atoms with Gasteiger partial charge in [0.25, 0.3) is 0 Å². The van der Waals surface area contributed by atoms with E-state index in [1.807, 2.05) is 24.1 Å². The van der Waals surface area contributed by atoms with Gasteiger partial charge in [-0.15, -0.1) is 0 Å². The molecule has 0 aliphatic carbocycles. The van der Waals surface area contributed by atoms with Crippen molar-refractivity contribution in [3.8, 4) is 0 Å². The van der Waals surface area contributed by atoms with Gasteiger partial charge < -0.3 is 5.11 Å². The zero-order valence-electron chi connectivity index (χ0n) is 8.00. The van der Waals surface area contributed by atoms with Gasteiger partial charge in [0, 0.05) is 23.1 Å². The smallest absolute Gasteiger partial charge is 0.0558 e. The molecule has 0 aliphatic heterocycles. The molecule has 1 rings (SSSR count). The number of nitrogens with zero attached hydrogens (tertiary/aromatic N) is 1. The van der Waals surface area contributed by atoms with Crippen molar-refractivity contribution in [3.63, 3.8) is 0 Å². The van der Waals surface area contributed by atoms with Crippen LogP contribution in [0.3, 0.4) is 0 Å². The highest BCUT2D eigenvalue weighted by Gasteiger charge is 2.01. The maximum absolute atomic E-state index is 8.73. The van der Waals surface area contributed by atoms with E-state index in [1.165, 1.54) is 0 Å². The molecule has 0 saturated heterocycles. The molecule has 1 N–H and O–H groups in total. The molecule has 0 unspecified atom stereocenters. The fraction of sp³-hybridized carbons (Fsp3) is 0.400. The zero-order chi connectivity index (χ0) is 10.6. The Morgan fingerprint density at radius 1 is 1.21 bits per heavy atom. The lowest BCUT2D eigenvalue weighted by atomic mass is 10.2. The molecule has 0 saturated carbocycles. The van der Waals surface area contributed by atoms with Crippen molar-refractivity contribution in [2.24, 2.45) is 0 Å². The molecule has 4 heteroatoms. The Morgan fingerprint density at radius 2 is 1.79 bits per heavy atom. The Balaban J connectivity index is 2.66. The van der Waals surface area contributed by atoms with Crippen LogP contribution in [0, 0.1) is 0 Å². The Kier molecular flexibility index (Phi) is 4.69. The third-order valence-corrected chi connectivity index (χ3v) is 2.29. The molecule has 0 aromatic heterocycles. The van der Waals surface area contributed by atoms with Crippen LogP contribution in [0.4, 0.5) is 0 Å². The van der Waals surface area contributed by atoms with Gasteiger partial charge >= 0.3 is 0 Å². The van der Waals surface area contributed by atoms with Gasteiger partial charge in [0.2, 0.25) is 0 Å². The second-order valence-electron chi connectivity index (χ2n) is 3.24. The molecule has 0 spiro atoms. The van der Waals surface area contributed by atoms with E-state index in [9.17, 15) is 0 Å². The van der Waals surface area contributed by atoms with Crippen LogP contribution in [0.2, 0.25) is 10.0 Å². The molecule has 0 bridgehead atoms. The van der Waals surface area contributed by atoms with Gasteiger partial charge in [0.05, 0.1) is 6.61 Å². The molecular weight excluding hydrogens is 221 g/mol. The molecule has 0 fully saturated rings. The number of aliphatic hydroxyl groups excluding tert-OH is 1. The van der Waals surface area contributed by atoms with Gasteiger partial charge in [-0.25, -0.2) is 0 Å². The standard InChI is InChI=1S/C10H13Cl2NO/c1-13(2-3-14)7-8-4-9(11)6-10(12)5-8/h4-6,14H,2-3,7H2,1H3. The van der Waals surface area contributed by atoms with Crippen molar-refractivity contribution >= 4 is 23.2 Å². The average molecular weight is 234 g/mol. The van der Waals surface area contributed by atoms with Crippen molar-refractivity contribution < 1.29 is 5.11 Å². The fourth-order valence-electron chi connectivity index (χ4n) is 1.26. The number of benzene rings is 1. The van der Waals surface area contributed by atoms with Crippen LogP contribution in [0.5, 0.6) is 0 Å². The first kappa shape index (κ1) is 11.8. The summed E-state index contributed by atoms with van der Waals surface area (Å²) in [5.74, 6) is 0. The number of likely N-dealkylation sites (N-methyl/N-ethyl adjacent to an activating group) is 1. The van der Waals surface area contributed by atoms with E-state index in [0.29, 0.717) is 16.6 Å². The van der Waals surface area contributed by atoms with Crippen molar-refractivity contribution in [2.75, 3.05) is 20.2 Å². The van der Waals surface area contributed by atoms with Gasteiger partial charge in [0.1, 0.15) is 0 Å². The van der Waals surface area contributed by atoms with Crippen LogP contribution in [0.1, 0.15) is 5.56 Å². The van der Waals surface area contributed by atoms with Gasteiger partial charge in [-0.2, -0.15) is 0 Å². The Labute approximate surface area is 94.1 Å². The Bertz CT molecular complexity index is 284. The zero-order valence-corrected chi connectivity index (χ0v) is 9.52. The lowest BCUT2D eigenvalue weighted by Crippen LogP contribution is -2.21. The lowest BCUT2D eigenvalue weighted by molar-refractivity contribution is 0.217. The van der Waals surface area contributed by atoms with Crippen molar-refractivity contribution in [3.05, 3.63) is 33.8 Å². The Morgan fingerprint density at radius 3 is 2.29 bits per heavy atom. The van der Waals surface area contributed by atoms with E-state index in [4.69, 9.17) is 28.3 Å². The third kappa shape index (κ3) is 3.84. The first-order valence-corrected chi connectivity index (χ1v) is 5.12. The van der Waals surface area contributed by atoms with Crippen molar-refractivity contribution in [1.29, 1.82) is 0 Å². The topological polar surface area (TPSA) is 23.5 Å². The van der Waals surface area contributed by atoms with E-state index in [-0.39, 0.29) is 6.61 Å². The van der Waals surface area contributed by atoms with Gasteiger partial charge in [-0.05, 0) is 30.8 Å². The van der Waals surface area contributed by atoms with Crippen molar-refractivity contribution in [2.45, 2.75) is 6.54 Å². The van der Waals surface area contributed by atoms with E-state index in [0.717, 1.165) is 12.1 Å². The van der Waals surface area contributed by atoms with Crippen LogP contribution >= 0.6 is 23.2 Å². The number of halogens is 2. The second kappa shape index (κ2) is 5.56. The molecule has 0 amide bonds. The van der Waals surface area contributed by atoms with Crippen LogP contribution in [0.25, 0.3) is 0 Å². The predicted octanol–water partition coefficient (Wildman–Crippen LogP) is 2.42. The summed E-state index contributed by atoms with van der Waals surface area (Å²) >= 11 is 11.7. The minimum Gasteiger partial charge on any atom is -0.395 e. The highest BCUT2D eigenvalue weighted by Crippen LogP contribution is 2.19. The molecular formula is C10H13Cl2NO. The fourth-order valence-corrected chi connectivity index (χ4v) is 1.83. The molecule has 2 nitrogen and oxygen atoms in total. The molecule has 14 heavy (non-hydrogen) atoms. The summed E-state index contributed by atoms with van der Waals surface area (Å²) in [6.45, 7) is 1.54. The first-order valence-electron chi connectivity index (χ1n) is 4.36. The third-order valence-electron chi connectivity index (χ3n) is 1.86. The molecule has 0 atom stereocenters. The summed E-state index contributed by atoms with van der Waals surface area (Å²) in [5.41, 5.74) is 1.05. The highest BCUT2D eigenvalue weighted by molar-refractivity contribution is 6.34. The predicted molar refractivity (Wildman–Crippen MR) is 59.9 cm³/mol. The highest BCUT2D eigenvalue weighted by atomic mass is 35.5. The Hall–Kier alpha value is -0.280. The van der Waals surface area contributed by atoms with Crippen molar-refractivity contribution in [1.82, 2.24) is 4.90 Å². The van der Waals surface area contributed by atoms with E-state index in [2.05, 4.69) is 0 Å². The SMILES string of the molecule is CN(CCO)Cc1cc(Cl)cc(Cl)c1. The van der Waals surface area contributed by atoms with E-state index < -0.39 is 0 Å².